The molecule has 28 heavy (non-hydrogen) atoms. The van der Waals surface area contributed by atoms with Crippen LogP contribution in [-0.4, -0.2) is 37.5 Å². The Labute approximate surface area is 163 Å². The predicted molar refractivity (Wildman–Crippen MR) is 105 cm³/mol. The van der Waals surface area contributed by atoms with Gasteiger partial charge in [0.15, 0.2) is 6.10 Å². The number of carbonyl (C=O) groups excluding carboxylic acids is 3. The van der Waals surface area contributed by atoms with E-state index in [-0.39, 0.29) is 5.91 Å². The van der Waals surface area contributed by atoms with E-state index in [4.69, 9.17) is 9.47 Å². The van der Waals surface area contributed by atoms with Crippen molar-refractivity contribution in [3.05, 3.63) is 54.1 Å². The molecule has 2 amide bonds. The number of nitrogens with zero attached hydrogens (tertiary/aromatic N) is 1. The molecule has 1 fully saturated rings. The predicted octanol–water partition coefficient (Wildman–Crippen LogP) is 3.01. The number of hydrogen-bond donors (Lipinski definition) is 1. The topological polar surface area (TPSA) is 84.9 Å². The lowest BCUT2D eigenvalue weighted by Gasteiger charge is -2.16. The number of benzene rings is 2. The summed E-state index contributed by atoms with van der Waals surface area (Å²) in [4.78, 5) is 38.0. The monoisotopic (exact) mass is 382 g/mol. The SMILES string of the molecule is COc1ccc(NC(=O)[C@@H](C)OC(=O)c2ccc(N3CCCC3=O)cc2)cc1. The Morgan fingerprint density at radius 3 is 2.32 bits per heavy atom. The molecule has 2 aromatic carbocycles. The summed E-state index contributed by atoms with van der Waals surface area (Å²) in [5.41, 5.74) is 1.65. The quantitative estimate of drug-likeness (QED) is 0.777. The Bertz CT molecular complexity index is 861. The molecular formula is C21H22N2O5. The van der Waals surface area contributed by atoms with Crippen LogP contribution < -0.4 is 15.0 Å². The van der Waals surface area contributed by atoms with Crippen LogP contribution in [0.25, 0.3) is 0 Å². The molecule has 1 aliphatic rings. The Morgan fingerprint density at radius 1 is 1.07 bits per heavy atom. The number of ether oxygens (including phenoxy) is 2. The van der Waals surface area contributed by atoms with Crippen LogP contribution in [0.15, 0.2) is 48.5 Å². The van der Waals surface area contributed by atoms with Crippen LogP contribution >= 0.6 is 0 Å². The zero-order valence-electron chi connectivity index (χ0n) is 15.8. The third-order valence-electron chi connectivity index (χ3n) is 4.50. The van der Waals surface area contributed by atoms with Crippen LogP contribution in [0.5, 0.6) is 5.75 Å². The van der Waals surface area contributed by atoms with Crippen LogP contribution in [-0.2, 0) is 14.3 Å². The Morgan fingerprint density at radius 2 is 1.75 bits per heavy atom. The fraction of sp³-hybridized carbons (Fsp3) is 0.286. The van der Waals surface area contributed by atoms with E-state index in [0.717, 1.165) is 12.1 Å². The van der Waals surface area contributed by atoms with Gasteiger partial charge in [-0.1, -0.05) is 0 Å². The van der Waals surface area contributed by atoms with Crippen LogP contribution in [0.3, 0.4) is 0 Å². The van der Waals surface area contributed by atoms with Crippen LogP contribution in [0.2, 0.25) is 0 Å². The van der Waals surface area contributed by atoms with Crippen molar-refractivity contribution < 1.29 is 23.9 Å². The van der Waals surface area contributed by atoms with Crippen LogP contribution in [0.1, 0.15) is 30.1 Å². The molecule has 1 atom stereocenters. The second kappa shape index (κ2) is 8.56. The highest BCUT2D eigenvalue weighted by Crippen LogP contribution is 2.22. The molecule has 0 spiro atoms. The molecule has 0 radical (unpaired) electrons. The number of methoxy groups -OCH3 is 1. The lowest BCUT2D eigenvalue weighted by Crippen LogP contribution is -2.30. The summed E-state index contributed by atoms with van der Waals surface area (Å²) >= 11 is 0. The number of esters is 1. The number of rotatable bonds is 6. The summed E-state index contributed by atoms with van der Waals surface area (Å²) in [7, 11) is 1.56. The van der Waals surface area contributed by atoms with Crippen LogP contribution in [0, 0.1) is 0 Å². The first-order chi connectivity index (χ1) is 13.5. The average Bonchev–Trinajstić information content (AvgIpc) is 3.14. The standard InChI is InChI=1S/C21H22N2O5/c1-14(20(25)22-16-7-11-18(27-2)12-8-16)28-21(26)15-5-9-17(10-6-15)23-13-3-4-19(23)24/h5-12,14H,3-4,13H2,1-2H3,(H,22,25)/t14-/m1/s1. The van der Waals surface area contributed by atoms with E-state index in [1.807, 2.05) is 0 Å². The zero-order valence-corrected chi connectivity index (χ0v) is 15.8. The van der Waals surface area contributed by atoms with E-state index >= 15 is 0 Å². The van der Waals surface area contributed by atoms with Crippen molar-refractivity contribution in [2.45, 2.75) is 25.9 Å². The lowest BCUT2D eigenvalue weighted by atomic mass is 10.2. The maximum Gasteiger partial charge on any atom is 0.338 e. The molecule has 0 aliphatic carbocycles. The molecule has 0 unspecified atom stereocenters. The molecule has 1 heterocycles. The summed E-state index contributed by atoms with van der Waals surface area (Å²) in [5.74, 6) is -0.273. The molecule has 0 saturated carbocycles. The molecule has 0 bridgehead atoms. The highest BCUT2D eigenvalue weighted by molar-refractivity contribution is 5.98. The molecule has 1 saturated heterocycles. The first-order valence-electron chi connectivity index (χ1n) is 9.04. The fourth-order valence-electron chi connectivity index (χ4n) is 2.90. The maximum absolute atomic E-state index is 12.3. The number of hydrogen-bond acceptors (Lipinski definition) is 5. The molecule has 3 rings (SSSR count). The smallest absolute Gasteiger partial charge is 0.338 e. The van der Waals surface area contributed by atoms with Gasteiger partial charge in [-0.15, -0.1) is 0 Å². The van der Waals surface area contributed by atoms with Crippen molar-refractivity contribution in [2.24, 2.45) is 0 Å². The molecule has 0 aromatic heterocycles. The van der Waals surface area contributed by atoms with Gasteiger partial charge in [-0.25, -0.2) is 4.79 Å². The van der Waals surface area contributed by atoms with Gasteiger partial charge in [0.1, 0.15) is 5.75 Å². The van der Waals surface area contributed by atoms with Gasteiger partial charge in [0.05, 0.1) is 12.7 Å². The second-order valence-electron chi connectivity index (χ2n) is 6.46. The molecule has 146 valence electrons. The van der Waals surface area contributed by atoms with Gasteiger partial charge >= 0.3 is 5.97 Å². The van der Waals surface area contributed by atoms with E-state index in [1.54, 1.807) is 60.5 Å². The highest BCUT2D eigenvalue weighted by Gasteiger charge is 2.23. The van der Waals surface area contributed by atoms with Gasteiger partial charge in [0.25, 0.3) is 5.91 Å². The third kappa shape index (κ3) is 4.49. The third-order valence-corrected chi connectivity index (χ3v) is 4.50. The van der Waals surface area contributed by atoms with Crippen molar-refractivity contribution in [1.82, 2.24) is 0 Å². The molecule has 7 nitrogen and oxygen atoms in total. The molecule has 1 N–H and O–H groups in total. The van der Waals surface area contributed by atoms with Gasteiger partial charge in [0, 0.05) is 24.3 Å². The van der Waals surface area contributed by atoms with Crippen molar-refractivity contribution in [3.63, 3.8) is 0 Å². The highest BCUT2D eigenvalue weighted by atomic mass is 16.5. The van der Waals surface area contributed by atoms with Crippen molar-refractivity contribution in [3.8, 4) is 5.75 Å². The number of nitrogens with one attached hydrogen (secondary N) is 1. The fourth-order valence-corrected chi connectivity index (χ4v) is 2.90. The molecule has 7 heteroatoms. The Hall–Kier alpha value is -3.35. The number of carbonyl (C=O) groups is 3. The minimum Gasteiger partial charge on any atom is -0.497 e. The van der Waals surface area contributed by atoms with E-state index in [2.05, 4.69) is 5.32 Å². The van der Waals surface area contributed by atoms with E-state index < -0.39 is 18.0 Å². The number of anilines is 2. The molecule has 1 aliphatic heterocycles. The van der Waals surface area contributed by atoms with Gasteiger partial charge in [-0.3, -0.25) is 9.59 Å². The van der Waals surface area contributed by atoms with Crippen molar-refractivity contribution >= 4 is 29.2 Å². The zero-order chi connectivity index (χ0) is 20.1. The van der Waals surface area contributed by atoms with Gasteiger partial charge < -0.3 is 19.7 Å². The summed E-state index contributed by atoms with van der Waals surface area (Å²) in [6.45, 7) is 2.19. The van der Waals surface area contributed by atoms with Gasteiger partial charge in [0.2, 0.25) is 5.91 Å². The van der Waals surface area contributed by atoms with E-state index in [1.165, 1.54) is 6.92 Å². The van der Waals surface area contributed by atoms with E-state index in [0.29, 0.717) is 30.0 Å². The Balaban J connectivity index is 1.56. The average molecular weight is 382 g/mol. The largest absolute Gasteiger partial charge is 0.497 e. The first-order valence-corrected chi connectivity index (χ1v) is 9.04. The number of amides is 2. The molecular weight excluding hydrogens is 360 g/mol. The van der Waals surface area contributed by atoms with Crippen molar-refractivity contribution in [2.75, 3.05) is 23.9 Å². The van der Waals surface area contributed by atoms with Crippen LogP contribution in [0.4, 0.5) is 11.4 Å². The maximum atomic E-state index is 12.3. The van der Waals surface area contributed by atoms with Gasteiger partial charge in [-0.2, -0.15) is 0 Å². The second-order valence-corrected chi connectivity index (χ2v) is 6.46. The first kappa shape index (κ1) is 19.4. The summed E-state index contributed by atoms with van der Waals surface area (Å²) < 4.78 is 10.3. The summed E-state index contributed by atoms with van der Waals surface area (Å²) in [6, 6.07) is 13.4. The molecule has 2 aromatic rings. The Kier molecular flexibility index (Phi) is 5.93. The summed E-state index contributed by atoms with van der Waals surface area (Å²) in [6.07, 6.45) is 0.420. The van der Waals surface area contributed by atoms with Crippen molar-refractivity contribution in [1.29, 1.82) is 0 Å². The lowest BCUT2D eigenvalue weighted by molar-refractivity contribution is -0.123. The summed E-state index contributed by atoms with van der Waals surface area (Å²) in [5, 5.41) is 2.69. The normalized spacial score (nSPS) is 14.5. The van der Waals surface area contributed by atoms with Gasteiger partial charge in [-0.05, 0) is 61.9 Å². The minimum absolute atomic E-state index is 0.0825. The minimum atomic E-state index is -0.963. The van der Waals surface area contributed by atoms with E-state index in [9.17, 15) is 14.4 Å².